The second-order valence-electron chi connectivity index (χ2n) is 7.59. The van der Waals surface area contributed by atoms with Crippen molar-refractivity contribution >= 4 is 10.1 Å². The van der Waals surface area contributed by atoms with Crippen LogP contribution in [0.2, 0.25) is 0 Å². The molecule has 0 spiro atoms. The van der Waals surface area contributed by atoms with Gasteiger partial charge in [-0.25, -0.2) is 0 Å². The zero-order chi connectivity index (χ0) is 19.0. The van der Waals surface area contributed by atoms with E-state index in [0.717, 1.165) is 19.3 Å². The summed E-state index contributed by atoms with van der Waals surface area (Å²) in [7, 11) is -3.96. The molecule has 2 atom stereocenters. The molecule has 25 heavy (non-hydrogen) atoms. The second-order valence-corrected chi connectivity index (χ2v) is 9.29. The van der Waals surface area contributed by atoms with Gasteiger partial charge < -0.3 is 5.11 Å². The molecule has 0 saturated carbocycles. The predicted molar refractivity (Wildman–Crippen MR) is 107 cm³/mol. The van der Waals surface area contributed by atoms with E-state index >= 15 is 0 Å². The van der Waals surface area contributed by atoms with E-state index in [1.807, 2.05) is 0 Å². The minimum absolute atomic E-state index is 0.409. The molecule has 5 heteroatoms. The van der Waals surface area contributed by atoms with E-state index < -0.39 is 21.5 Å². The Balaban J connectivity index is 3.59. The maximum Gasteiger partial charge on any atom is 0.267 e. The van der Waals surface area contributed by atoms with E-state index in [1.54, 1.807) is 6.92 Å². The average Bonchev–Trinajstić information content (AvgIpc) is 2.52. The first kappa shape index (κ1) is 24.9. The van der Waals surface area contributed by atoms with Crippen molar-refractivity contribution in [2.24, 2.45) is 0 Å². The van der Waals surface area contributed by atoms with Crippen LogP contribution in [0, 0.1) is 0 Å². The van der Waals surface area contributed by atoms with E-state index in [4.69, 9.17) is 0 Å². The quantitative estimate of drug-likeness (QED) is 0.230. The van der Waals surface area contributed by atoms with Crippen molar-refractivity contribution in [2.75, 3.05) is 0 Å². The molecule has 0 aromatic carbocycles. The van der Waals surface area contributed by atoms with Crippen molar-refractivity contribution in [3.8, 4) is 0 Å². The summed E-state index contributed by atoms with van der Waals surface area (Å²) < 4.78 is 32.2. The number of unbranched alkanes of at least 4 members (excludes halogenated alkanes) is 11. The molecule has 0 aromatic heterocycles. The Morgan fingerprint density at radius 1 is 0.680 bits per heavy atom. The van der Waals surface area contributed by atoms with Crippen LogP contribution in [0.25, 0.3) is 0 Å². The van der Waals surface area contributed by atoms with Crippen molar-refractivity contribution in [3.63, 3.8) is 0 Å². The largest absolute Gasteiger partial charge is 0.393 e. The van der Waals surface area contributed by atoms with Gasteiger partial charge in [0.25, 0.3) is 10.1 Å². The fourth-order valence-corrected chi connectivity index (χ4v) is 4.23. The highest BCUT2D eigenvalue weighted by Crippen LogP contribution is 2.19. The molecule has 0 radical (unpaired) electrons. The highest BCUT2D eigenvalue weighted by atomic mass is 32.2. The van der Waals surface area contributed by atoms with Crippen molar-refractivity contribution in [3.05, 3.63) is 0 Å². The van der Waals surface area contributed by atoms with Crippen LogP contribution in [-0.4, -0.2) is 29.4 Å². The van der Waals surface area contributed by atoms with Crippen molar-refractivity contribution in [1.82, 2.24) is 0 Å². The van der Waals surface area contributed by atoms with Crippen molar-refractivity contribution in [2.45, 2.75) is 128 Å². The Kier molecular flexibility index (Phi) is 16.0. The molecule has 0 rings (SSSR count). The first-order valence-corrected chi connectivity index (χ1v) is 12.0. The van der Waals surface area contributed by atoms with Crippen molar-refractivity contribution in [1.29, 1.82) is 0 Å². The lowest BCUT2D eigenvalue weighted by atomic mass is 10.0. The molecule has 0 aliphatic heterocycles. The van der Waals surface area contributed by atoms with Crippen LogP contribution in [0.1, 0.15) is 117 Å². The SMILES string of the molecule is CCCCCCCCCCCCCCC(CCCC(C)O)S(=O)(=O)O. The zero-order valence-electron chi connectivity index (χ0n) is 16.6. The number of hydrogen-bond donors (Lipinski definition) is 2. The molecule has 2 N–H and O–H groups in total. The summed E-state index contributed by atoms with van der Waals surface area (Å²) >= 11 is 0. The fraction of sp³-hybridized carbons (Fsp3) is 1.00. The third-order valence-corrected chi connectivity index (χ3v) is 6.26. The Hall–Kier alpha value is -0.130. The summed E-state index contributed by atoms with van der Waals surface area (Å²) in [5, 5.41) is 8.59. The normalized spacial score (nSPS) is 14.6. The molecule has 0 aliphatic carbocycles. The highest BCUT2D eigenvalue weighted by molar-refractivity contribution is 7.86. The predicted octanol–water partition coefficient (Wildman–Crippen LogP) is 5.89. The average molecular weight is 379 g/mol. The van der Waals surface area contributed by atoms with E-state index in [2.05, 4.69) is 6.92 Å². The van der Waals surface area contributed by atoms with Crippen LogP contribution in [0.4, 0.5) is 0 Å². The maximum atomic E-state index is 11.4. The van der Waals surface area contributed by atoms with Crippen LogP contribution in [0.15, 0.2) is 0 Å². The molecule has 4 nitrogen and oxygen atoms in total. The van der Waals surface area contributed by atoms with Crippen LogP contribution in [-0.2, 0) is 10.1 Å². The molecule has 0 aliphatic rings. The molecule has 2 unspecified atom stereocenters. The number of rotatable bonds is 18. The number of aliphatic hydroxyl groups excluding tert-OH is 1. The lowest BCUT2D eigenvalue weighted by Gasteiger charge is -2.14. The van der Waals surface area contributed by atoms with Gasteiger partial charge in [0.1, 0.15) is 0 Å². The summed E-state index contributed by atoms with van der Waals surface area (Å²) in [6.45, 7) is 3.95. The first-order chi connectivity index (χ1) is 11.9. The van der Waals surface area contributed by atoms with Crippen LogP contribution < -0.4 is 0 Å². The van der Waals surface area contributed by atoms with Gasteiger partial charge in [0.05, 0.1) is 11.4 Å². The minimum atomic E-state index is -3.96. The van der Waals surface area contributed by atoms with E-state index in [0.29, 0.717) is 25.7 Å². The molecule has 0 aromatic rings. The lowest BCUT2D eigenvalue weighted by molar-refractivity contribution is 0.180. The smallest absolute Gasteiger partial charge is 0.267 e. The maximum absolute atomic E-state index is 11.4. The molecular weight excluding hydrogens is 336 g/mol. The highest BCUT2D eigenvalue weighted by Gasteiger charge is 2.22. The Morgan fingerprint density at radius 2 is 1.08 bits per heavy atom. The van der Waals surface area contributed by atoms with Gasteiger partial charge in [-0.1, -0.05) is 84.0 Å². The third-order valence-electron chi connectivity index (χ3n) is 4.95. The van der Waals surface area contributed by atoms with Crippen molar-refractivity contribution < 1.29 is 18.1 Å². The van der Waals surface area contributed by atoms with Gasteiger partial charge in [0.15, 0.2) is 0 Å². The van der Waals surface area contributed by atoms with Gasteiger partial charge >= 0.3 is 0 Å². The van der Waals surface area contributed by atoms with Gasteiger partial charge in [0.2, 0.25) is 0 Å². The molecule has 0 heterocycles. The number of aliphatic hydroxyl groups is 1. The summed E-state index contributed by atoms with van der Waals surface area (Å²) in [5.41, 5.74) is 0. The summed E-state index contributed by atoms with van der Waals surface area (Å²) in [5.74, 6) is 0. The van der Waals surface area contributed by atoms with Gasteiger partial charge in [-0.3, -0.25) is 4.55 Å². The summed E-state index contributed by atoms with van der Waals surface area (Å²) in [6.07, 6.45) is 16.8. The van der Waals surface area contributed by atoms with Gasteiger partial charge in [-0.05, 0) is 32.6 Å². The minimum Gasteiger partial charge on any atom is -0.393 e. The topological polar surface area (TPSA) is 74.6 Å². The van der Waals surface area contributed by atoms with Gasteiger partial charge in [-0.2, -0.15) is 8.42 Å². The van der Waals surface area contributed by atoms with Crippen LogP contribution in [0.3, 0.4) is 0 Å². The standard InChI is InChI=1S/C20H42O4S/c1-3-4-5-6-7-8-9-10-11-12-13-14-17-20(25(22,23)24)18-15-16-19(2)21/h19-21H,3-18H2,1-2H3,(H,22,23,24). The van der Waals surface area contributed by atoms with E-state index in [1.165, 1.54) is 57.8 Å². The lowest BCUT2D eigenvalue weighted by Crippen LogP contribution is -2.21. The molecule has 0 saturated heterocycles. The Bertz CT molecular complexity index is 379. The Morgan fingerprint density at radius 3 is 1.48 bits per heavy atom. The second kappa shape index (κ2) is 16.1. The molecule has 0 amide bonds. The molecular formula is C20H42O4S. The van der Waals surface area contributed by atoms with Crippen LogP contribution in [0.5, 0.6) is 0 Å². The van der Waals surface area contributed by atoms with Gasteiger partial charge in [0, 0.05) is 0 Å². The summed E-state index contributed by atoms with van der Waals surface area (Å²) in [4.78, 5) is 0. The van der Waals surface area contributed by atoms with E-state index in [-0.39, 0.29) is 0 Å². The molecule has 0 fully saturated rings. The first-order valence-electron chi connectivity index (χ1n) is 10.5. The fourth-order valence-electron chi connectivity index (χ4n) is 3.30. The monoisotopic (exact) mass is 378 g/mol. The molecule has 152 valence electrons. The molecule has 0 bridgehead atoms. The Labute approximate surface area is 156 Å². The van der Waals surface area contributed by atoms with E-state index in [9.17, 15) is 18.1 Å². The summed E-state index contributed by atoms with van der Waals surface area (Å²) in [6, 6.07) is 0. The van der Waals surface area contributed by atoms with Crippen LogP contribution >= 0.6 is 0 Å². The van der Waals surface area contributed by atoms with Gasteiger partial charge in [-0.15, -0.1) is 0 Å². The number of hydrogen-bond acceptors (Lipinski definition) is 3. The third kappa shape index (κ3) is 17.1. The zero-order valence-corrected chi connectivity index (χ0v) is 17.4.